The molecule has 19 heavy (non-hydrogen) atoms. The standard InChI is InChI=1S/C12H13ClN2O4/c13-11-6-8(15(17)18)3-4-10(11)12(16)14-7-9-2-1-5-19-9/h3-4,6,9H,1-2,5,7H2,(H,14,16). The minimum atomic E-state index is -0.556. The van der Waals surface area contributed by atoms with Gasteiger partial charge < -0.3 is 10.1 Å². The monoisotopic (exact) mass is 284 g/mol. The van der Waals surface area contributed by atoms with Crippen molar-refractivity contribution in [2.24, 2.45) is 0 Å². The van der Waals surface area contributed by atoms with Crippen molar-refractivity contribution in [2.75, 3.05) is 13.2 Å². The van der Waals surface area contributed by atoms with Crippen LogP contribution in [0.15, 0.2) is 18.2 Å². The van der Waals surface area contributed by atoms with E-state index in [1.807, 2.05) is 0 Å². The second-order valence-corrected chi connectivity index (χ2v) is 4.67. The van der Waals surface area contributed by atoms with E-state index in [2.05, 4.69) is 5.32 Å². The van der Waals surface area contributed by atoms with Crippen LogP contribution >= 0.6 is 11.6 Å². The molecule has 1 saturated heterocycles. The minimum Gasteiger partial charge on any atom is -0.376 e. The van der Waals surface area contributed by atoms with Crippen LogP contribution in [0.4, 0.5) is 5.69 Å². The van der Waals surface area contributed by atoms with Crippen molar-refractivity contribution in [3.8, 4) is 0 Å². The molecule has 0 aliphatic carbocycles. The van der Waals surface area contributed by atoms with Gasteiger partial charge in [0.25, 0.3) is 11.6 Å². The first-order valence-corrected chi connectivity index (χ1v) is 6.29. The van der Waals surface area contributed by atoms with Crippen LogP contribution in [-0.2, 0) is 4.74 Å². The second-order valence-electron chi connectivity index (χ2n) is 4.27. The molecule has 1 unspecified atom stereocenters. The van der Waals surface area contributed by atoms with Crippen molar-refractivity contribution >= 4 is 23.2 Å². The Balaban J connectivity index is 2.00. The summed E-state index contributed by atoms with van der Waals surface area (Å²) in [5.74, 6) is -0.351. The molecule has 6 nitrogen and oxygen atoms in total. The van der Waals surface area contributed by atoms with Crippen molar-refractivity contribution < 1.29 is 14.5 Å². The summed E-state index contributed by atoms with van der Waals surface area (Å²) >= 11 is 5.87. The average Bonchev–Trinajstić information content (AvgIpc) is 2.88. The number of nitrogens with zero attached hydrogens (tertiary/aromatic N) is 1. The van der Waals surface area contributed by atoms with E-state index in [-0.39, 0.29) is 28.3 Å². The Morgan fingerprint density at radius 1 is 1.58 bits per heavy atom. The Morgan fingerprint density at radius 3 is 2.95 bits per heavy atom. The molecule has 1 aromatic rings. The maximum Gasteiger partial charge on any atom is 0.270 e. The first kappa shape index (κ1) is 13.8. The molecule has 1 atom stereocenters. The van der Waals surface area contributed by atoms with E-state index in [4.69, 9.17) is 16.3 Å². The third-order valence-corrected chi connectivity index (χ3v) is 3.24. The Morgan fingerprint density at radius 2 is 2.37 bits per heavy atom. The SMILES string of the molecule is O=C(NCC1CCCO1)c1ccc([N+](=O)[O-])cc1Cl. The van der Waals surface area contributed by atoms with Crippen LogP contribution < -0.4 is 5.32 Å². The molecule has 1 aliphatic heterocycles. The fourth-order valence-electron chi connectivity index (χ4n) is 1.91. The number of ether oxygens (including phenoxy) is 1. The van der Waals surface area contributed by atoms with Gasteiger partial charge in [0.05, 0.1) is 21.6 Å². The number of carbonyl (C=O) groups excluding carboxylic acids is 1. The molecule has 0 spiro atoms. The number of benzene rings is 1. The Labute approximate surface area is 114 Å². The van der Waals surface area contributed by atoms with Crippen LogP contribution in [0.25, 0.3) is 0 Å². The Hall–Kier alpha value is -1.66. The molecule has 0 bridgehead atoms. The van der Waals surface area contributed by atoms with E-state index < -0.39 is 4.92 Å². The van der Waals surface area contributed by atoms with Gasteiger partial charge in [0.15, 0.2) is 0 Å². The first-order chi connectivity index (χ1) is 9.08. The van der Waals surface area contributed by atoms with E-state index in [1.165, 1.54) is 18.2 Å². The second kappa shape index (κ2) is 5.99. The van der Waals surface area contributed by atoms with Crippen molar-refractivity contribution in [3.05, 3.63) is 38.9 Å². The van der Waals surface area contributed by atoms with Crippen LogP contribution in [0.5, 0.6) is 0 Å². The van der Waals surface area contributed by atoms with E-state index in [1.54, 1.807) is 0 Å². The van der Waals surface area contributed by atoms with Gasteiger partial charge in [-0.1, -0.05) is 11.6 Å². The number of halogens is 1. The molecule has 7 heteroatoms. The molecule has 1 amide bonds. The Kier molecular flexibility index (Phi) is 4.34. The smallest absolute Gasteiger partial charge is 0.270 e. The zero-order valence-electron chi connectivity index (χ0n) is 10.1. The van der Waals surface area contributed by atoms with Gasteiger partial charge in [0.1, 0.15) is 0 Å². The van der Waals surface area contributed by atoms with Crippen LogP contribution in [0.2, 0.25) is 5.02 Å². The molecule has 1 heterocycles. The number of non-ortho nitro benzene ring substituents is 1. The molecule has 1 aliphatic rings. The van der Waals surface area contributed by atoms with Crippen LogP contribution in [0.3, 0.4) is 0 Å². The summed E-state index contributed by atoms with van der Waals surface area (Å²) in [4.78, 5) is 21.9. The predicted octanol–water partition coefficient (Wildman–Crippen LogP) is 2.16. The summed E-state index contributed by atoms with van der Waals surface area (Å²) in [5, 5.41) is 13.3. The maximum atomic E-state index is 11.9. The third-order valence-electron chi connectivity index (χ3n) is 2.92. The largest absolute Gasteiger partial charge is 0.376 e. The number of carbonyl (C=O) groups is 1. The molecule has 1 aromatic carbocycles. The molecule has 0 radical (unpaired) electrons. The lowest BCUT2D eigenvalue weighted by Gasteiger charge is -2.11. The van der Waals surface area contributed by atoms with Crippen LogP contribution in [-0.4, -0.2) is 30.1 Å². The molecule has 1 fully saturated rings. The van der Waals surface area contributed by atoms with Gasteiger partial charge in [-0.15, -0.1) is 0 Å². The highest BCUT2D eigenvalue weighted by atomic mass is 35.5. The van der Waals surface area contributed by atoms with Crippen LogP contribution in [0, 0.1) is 10.1 Å². The van der Waals surface area contributed by atoms with Gasteiger partial charge in [0.2, 0.25) is 0 Å². The molecule has 1 N–H and O–H groups in total. The predicted molar refractivity (Wildman–Crippen MR) is 69.4 cm³/mol. The number of hydrogen-bond acceptors (Lipinski definition) is 4. The average molecular weight is 285 g/mol. The molecule has 0 aromatic heterocycles. The highest BCUT2D eigenvalue weighted by Crippen LogP contribution is 2.22. The van der Waals surface area contributed by atoms with Gasteiger partial charge in [0, 0.05) is 25.3 Å². The molecular formula is C12H13ClN2O4. The number of nitrogens with one attached hydrogen (secondary N) is 1. The lowest BCUT2D eigenvalue weighted by molar-refractivity contribution is -0.384. The highest BCUT2D eigenvalue weighted by Gasteiger charge is 2.18. The highest BCUT2D eigenvalue weighted by molar-refractivity contribution is 6.34. The summed E-state index contributed by atoms with van der Waals surface area (Å²) in [6.45, 7) is 1.14. The lowest BCUT2D eigenvalue weighted by Crippen LogP contribution is -2.31. The number of rotatable bonds is 4. The molecule has 0 saturated carbocycles. The topological polar surface area (TPSA) is 81.5 Å². The summed E-state index contributed by atoms with van der Waals surface area (Å²) in [6, 6.07) is 3.78. The summed E-state index contributed by atoms with van der Waals surface area (Å²) < 4.78 is 5.38. The number of nitro groups is 1. The first-order valence-electron chi connectivity index (χ1n) is 5.91. The fraction of sp³-hybridized carbons (Fsp3) is 0.417. The fourth-order valence-corrected chi connectivity index (χ4v) is 2.17. The van der Waals surface area contributed by atoms with Crippen molar-refractivity contribution in [3.63, 3.8) is 0 Å². The van der Waals surface area contributed by atoms with Gasteiger partial charge in [-0.05, 0) is 18.9 Å². The summed E-state index contributed by atoms with van der Waals surface area (Å²) in [7, 11) is 0. The third kappa shape index (κ3) is 3.42. The van der Waals surface area contributed by atoms with Gasteiger partial charge in [-0.25, -0.2) is 0 Å². The molecule has 2 rings (SSSR count). The maximum absolute atomic E-state index is 11.9. The van der Waals surface area contributed by atoms with E-state index >= 15 is 0 Å². The lowest BCUT2D eigenvalue weighted by atomic mass is 10.2. The molecular weight excluding hydrogens is 272 g/mol. The van der Waals surface area contributed by atoms with E-state index in [9.17, 15) is 14.9 Å². The van der Waals surface area contributed by atoms with Gasteiger partial charge in [-0.3, -0.25) is 14.9 Å². The Bertz CT molecular complexity index is 501. The van der Waals surface area contributed by atoms with Gasteiger partial charge in [-0.2, -0.15) is 0 Å². The van der Waals surface area contributed by atoms with Gasteiger partial charge >= 0.3 is 0 Å². The number of amides is 1. The number of nitro benzene ring substituents is 1. The molecule has 102 valence electrons. The van der Waals surface area contributed by atoms with Crippen molar-refractivity contribution in [1.82, 2.24) is 5.32 Å². The minimum absolute atomic E-state index is 0.0424. The van der Waals surface area contributed by atoms with Crippen molar-refractivity contribution in [1.29, 1.82) is 0 Å². The number of hydrogen-bond donors (Lipinski definition) is 1. The van der Waals surface area contributed by atoms with Crippen molar-refractivity contribution in [2.45, 2.75) is 18.9 Å². The summed E-state index contributed by atoms with van der Waals surface area (Å²) in [6.07, 6.45) is 1.97. The summed E-state index contributed by atoms with van der Waals surface area (Å²) in [5.41, 5.74) is 0.0888. The van der Waals surface area contributed by atoms with E-state index in [0.717, 1.165) is 19.4 Å². The zero-order chi connectivity index (χ0) is 13.8. The van der Waals surface area contributed by atoms with E-state index in [0.29, 0.717) is 6.54 Å². The van der Waals surface area contributed by atoms with Crippen LogP contribution in [0.1, 0.15) is 23.2 Å². The quantitative estimate of drug-likeness (QED) is 0.678. The zero-order valence-corrected chi connectivity index (χ0v) is 10.9. The normalized spacial score (nSPS) is 18.3.